The van der Waals surface area contributed by atoms with Crippen molar-refractivity contribution >= 4 is 29.1 Å². The molecule has 47 heavy (non-hydrogen) atoms. The number of ether oxygens (including phenoxy) is 1. The monoisotopic (exact) mass is 654 g/mol. The summed E-state index contributed by atoms with van der Waals surface area (Å²) in [6.07, 6.45) is 3.84. The van der Waals surface area contributed by atoms with Crippen LogP contribution in [0.4, 0.5) is 0 Å². The molecule has 0 saturated carbocycles. The minimum absolute atomic E-state index is 0.0816. The van der Waals surface area contributed by atoms with Crippen molar-refractivity contribution < 1.29 is 24.2 Å². The topological polar surface area (TPSA) is 122 Å². The van der Waals surface area contributed by atoms with Crippen molar-refractivity contribution in [1.82, 2.24) is 20.2 Å². The van der Waals surface area contributed by atoms with Crippen LogP contribution in [0.1, 0.15) is 61.7 Å². The van der Waals surface area contributed by atoms with Gasteiger partial charge in [-0.3, -0.25) is 14.4 Å². The Morgan fingerprint density at radius 2 is 1.51 bits per heavy atom. The summed E-state index contributed by atoms with van der Waals surface area (Å²) in [5, 5.41) is 12.2. The number of hydrogen-bond acceptors (Lipinski definition) is 7. The Labute approximate surface area is 280 Å². The number of amides is 2. The minimum Gasteiger partial charge on any atom is -0.493 e. The predicted molar refractivity (Wildman–Crippen MR) is 184 cm³/mol. The fourth-order valence-corrected chi connectivity index (χ4v) is 5.99. The van der Waals surface area contributed by atoms with E-state index in [2.05, 4.69) is 56.8 Å². The van der Waals surface area contributed by atoms with Crippen LogP contribution in [0.3, 0.4) is 0 Å². The lowest BCUT2D eigenvalue weighted by atomic mass is 9.95. The number of aliphatic carboxylic acids is 1. The number of hydrogen-bond donors (Lipinski definition) is 2. The van der Waals surface area contributed by atoms with Crippen LogP contribution in [0, 0.1) is 11.3 Å². The standard InChI is InChI=1S/C37H42N4O5S/c1-36(2,3)22-46-28-13-11-24(12-14-28)26-18-38-32(39-19-26)25-9-7-23(8-10-25)17-29(34(43)41-20-27(21-41)35(44)45)40-33(42)30-15-16-31(47-30)37(4,5)6/h7-16,18-19,27,29H,17,20-22H2,1-6H3,(H,40,42)(H,44,45). The molecule has 246 valence electrons. The molecule has 2 aromatic carbocycles. The van der Waals surface area contributed by atoms with Gasteiger partial charge in [0.1, 0.15) is 11.8 Å². The molecular weight excluding hydrogens is 612 g/mol. The van der Waals surface area contributed by atoms with Gasteiger partial charge in [0.15, 0.2) is 5.82 Å². The van der Waals surface area contributed by atoms with Gasteiger partial charge in [-0.1, -0.05) is 77.9 Å². The number of carbonyl (C=O) groups is 3. The van der Waals surface area contributed by atoms with Crippen LogP contribution in [0.5, 0.6) is 5.75 Å². The summed E-state index contributed by atoms with van der Waals surface area (Å²) in [5.41, 5.74) is 3.52. The van der Waals surface area contributed by atoms with Crippen LogP contribution in [0.25, 0.3) is 22.5 Å². The largest absolute Gasteiger partial charge is 0.493 e. The maximum absolute atomic E-state index is 13.5. The molecule has 1 unspecified atom stereocenters. The molecule has 2 amide bonds. The van der Waals surface area contributed by atoms with E-state index in [1.165, 1.54) is 16.2 Å². The van der Waals surface area contributed by atoms with Gasteiger partial charge in [0.25, 0.3) is 5.91 Å². The van der Waals surface area contributed by atoms with Crippen molar-refractivity contribution in [3.05, 3.63) is 88.4 Å². The lowest BCUT2D eigenvalue weighted by Crippen LogP contribution is -2.59. The zero-order valence-electron chi connectivity index (χ0n) is 27.7. The first kappa shape index (κ1) is 33.8. The van der Waals surface area contributed by atoms with Crippen molar-refractivity contribution in [2.45, 2.75) is 59.4 Å². The summed E-state index contributed by atoms with van der Waals surface area (Å²) in [5.74, 6) is -0.733. The molecule has 9 nitrogen and oxygen atoms in total. The van der Waals surface area contributed by atoms with E-state index < -0.39 is 17.9 Å². The number of thiophene rings is 1. The molecule has 1 fully saturated rings. The van der Waals surface area contributed by atoms with Gasteiger partial charge in [-0.25, -0.2) is 9.97 Å². The van der Waals surface area contributed by atoms with E-state index in [9.17, 15) is 19.5 Å². The fraction of sp³-hybridized carbons (Fsp3) is 0.378. The molecule has 1 atom stereocenters. The number of nitrogens with zero attached hydrogens (tertiary/aromatic N) is 3. The highest BCUT2D eigenvalue weighted by atomic mass is 32.1. The molecule has 2 N–H and O–H groups in total. The molecule has 0 radical (unpaired) electrons. The van der Waals surface area contributed by atoms with E-state index in [1.807, 2.05) is 54.6 Å². The van der Waals surface area contributed by atoms with E-state index in [0.29, 0.717) is 17.3 Å². The maximum Gasteiger partial charge on any atom is 0.310 e. The van der Waals surface area contributed by atoms with Crippen molar-refractivity contribution in [3.63, 3.8) is 0 Å². The summed E-state index contributed by atoms with van der Waals surface area (Å²) >= 11 is 1.41. The number of aromatic nitrogens is 2. The van der Waals surface area contributed by atoms with Gasteiger partial charge in [0, 0.05) is 47.9 Å². The van der Waals surface area contributed by atoms with Gasteiger partial charge in [0.2, 0.25) is 5.91 Å². The van der Waals surface area contributed by atoms with Crippen LogP contribution in [-0.4, -0.2) is 63.5 Å². The smallest absolute Gasteiger partial charge is 0.310 e. The summed E-state index contributed by atoms with van der Waals surface area (Å²) in [7, 11) is 0. The Balaban J connectivity index is 1.26. The van der Waals surface area contributed by atoms with Crippen LogP contribution in [-0.2, 0) is 21.4 Å². The molecule has 4 aromatic rings. The first-order valence-electron chi connectivity index (χ1n) is 15.7. The second-order valence-electron chi connectivity index (χ2n) is 14.3. The number of nitrogens with one attached hydrogen (secondary N) is 1. The normalized spacial score (nSPS) is 14.3. The molecule has 1 saturated heterocycles. The highest BCUT2D eigenvalue weighted by molar-refractivity contribution is 7.14. The van der Waals surface area contributed by atoms with Gasteiger partial charge in [-0.05, 0) is 46.2 Å². The average molecular weight is 655 g/mol. The number of carboxylic acid groups (broad SMARTS) is 1. The first-order valence-corrected chi connectivity index (χ1v) is 16.6. The van der Waals surface area contributed by atoms with Crippen LogP contribution in [0.2, 0.25) is 0 Å². The number of carboxylic acids is 1. The fourth-order valence-electron chi connectivity index (χ4n) is 5.02. The molecule has 0 aliphatic carbocycles. The van der Waals surface area contributed by atoms with Crippen molar-refractivity contribution in [1.29, 1.82) is 0 Å². The number of likely N-dealkylation sites (tertiary alicyclic amines) is 1. The Hall–Kier alpha value is -4.57. The van der Waals surface area contributed by atoms with E-state index in [-0.39, 0.29) is 42.2 Å². The van der Waals surface area contributed by atoms with Crippen molar-refractivity contribution in [2.24, 2.45) is 11.3 Å². The lowest BCUT2D eigenvalue weighted by Gasteiger charge is -2.38. The number of benzene rings is 2. The maximum atomic E-state index is 13.5. The number of carbonyl (C=O) groups excluding carboxylic acids is 2. The first-order chi connectivity index (χ1) is 22.2. The second-order valence-corrected chi connectivity index (χ2v) is 15.4. The van der Waals surface area contributed by atoms with Gasteiger partial charge < -0.3 is 20.1 Å². The zero-order valence-corrected chi connectivity index (χ0v) is 28.6. The SMILES string of the molecule is CC(C)(C)COc1ccc(-c2cnc(-c3ccc(CC(NC(=O)c4ccc(C(C)(C)C)s4)C(=O)N4CC(C(=O)O)C4)cc3)nc2)cc1. The van der Waals surface area contributed by atoms with E-state index in [1.54, 1.807) is 18.5 Å². The molecule has 3 heterocycles. The summed E-state index contributed by atoms with van der Waals surface area (Å²) < 4.78 is 5.87. The summed E-state index contributed by atoms with van der Waals surface area (Å²) in [6.45, 7) is 13.6. The molecule has 2 aromatic heterocycles. The van der Waals surface area contributed by atoms with Gasteiger partial charge in [-0.2, -0.15) is 0 Å². The third-order valence-corrected chi connectivity index (χ3v) is 9.39. The zero-order chi connectivity index (χ0) is 33.9. The summed E-state index contributed by atoms with van der Waals surface area (Å²) in [6, 6.07) is 18.3. The van der Waals surface area contributed by atoms with E-state index >= 15 is 0 Å². The molecule has 0 spiro atoms. The molecular formula is C37H42N4O5S. The van der Waals surface area contributed by atoms with Gasteiger partial charge >= 0.3 is 5.97 Å². The van der Waals surface area contributed by atoms with Gasteiger partial charge in [-0.15, -0.1) is 11.3 Å². The Morgan fingerprint density at radius 3 is 2.06 bits per heavy atom. The van der Waals surface area contributed by atoms with Crippen LogP contribution >= 0.6 is 11.3 Å². The van der Waals surface area contributed by atoms with E-state index in [4.69, 9.17) is 4.74 Å². The molecule has 5 rings (SSSR count). The third kappa shape index (κ3) is 8.62. The van der Waals surface area contributed by atoms with Crippen molar-refractivity contribution in [2.75, 3.05) is 19.7 Å². The quantitative estimate of drug-likeness (QED) is 0.201. The van der Waals surface area contributed by atoms with Gasteiger partial charge in [0.05, 0.1) is 17.4 Å². The molecule has 1 aliphatic heterocycles. The third-order valence-electron chi connectivity index (χ3n) is 7.88. The average Bonchev–Trinajstić information content (AvgIpc) is 3.51. The number of rotatable bonds is 10. The van der Waals surface area contributed by atoms with Crippen molar-refractivity contribution in [3.8, 4) is 28.3 Å². The molecule has 0 bridgehead atoms. The predicted octanol–water partition coefficient (Wildman–Crippen LogP) is 6.48. The Morgan fingerprint density at radius 1 is 0.894 bits per heavy atom. The molecule has 1 aliphatic rings. The van der Waals surface area contributed by atoms with Crippen LogP contribution in [0.15, 0.2) is 73.1 Å². The minimum atomic E-state index is -0.923. The van der Waals surface area contributed by atoms with E-state index in [0.717, 1.165) is 32.9 Å². The highest BCUT2D eigenvalue weighted by Crippen LogP contribution is 2.30. The second kappa shape index (κ2) is 13.7. The lowest BCUT2D eigenvalue weighted by molar-refractivity contribution is -0.153. The Kier molecular flexibility index (Phi) is 9.81. The van der Waals surface area contributed by atoms with Crippen LogP contribution < -0.4 is 10.1 Å². The summed E-state index contributed by atoms with van der Waals surface area (Å²) in [4.78, 5) is 50.3. The molecule has 10 heteroatoms. The Bertz CT molecular complexity index is 1710. The highest BCUT2D eigenvalue weighted by Gasteiger charge is 2.39.